The fraction of sp³-hybridized carbons (Fsp3) is 0.300. The highest BCUT2D eigenvalue weighted by atomic mass is 16.5. The summed E-state index contributed by atoms with van der Waals surface area (Å²) < 4.78 is 5.06. The highest BCUT2D eigenvalue weighted by Gasteiger charge is 2.55. The summed E-state index contributed by atoms with van der Waals surface area (Å²) in [5.41, 5.74) is 1.83. The highest BCUT2D eigenvalue weighted by Crippen LogP contribution is 2.57. The molecule has 0 heterocycles. The maximum Gasteiger partial charge on any atom is 0.306 e. The van der Waals surface area contributed by atoms with Gasteiger partial charge in [-0.2, -0.15) is 0 Å². The van der Waals surface area contributed by atoms with Crippen LogP contribution in [-0.4, -0.2) is 18.4 Å². The van der Waals surface area contributed by atoms with E-state index in [2.05, 4.69) is 0 Å². The van der Waals surface area contributed by atoms with Gasteiger partial charge in [-0.05, 0) is 24.3 Å². The Kier molecular flexibility index (Phi) is 4.56. The average molecular weight is 308 g/mol. The molecule has 23 heavy (non-hydrogen) atoms. The Hall–Kier alpha value is -2.42. The van der Waals surface area contributed by atoms with Crippen LogP contribution < -0.4 is 0 Å². The minimum Gasteiger partial charge on any atom is -0.466 e. The first-order chi connectivity index (χ1) is 11.2. The Balaban J connectivity index is 1.81. The van der Waals surface area contributed by atoms with E-state index >= 15 is 0 Å². The Labute approximate surface area is 136 Å². The lowest BCUT2D eigenvalue weighted by atomic mass is 10.0. The quantitative estimate of drug-likeness (QED) is 0.601. The molecule has 0 unspecified atom stereocenters. The Bertz CT molecular complexity index is 679. The predicted molar refractivity (Wildman–Crippen MR) is 88.2 cm³/mol. The van der Waals surface area contributed by atoms with Crippen molar-refractivity contribution >= 4 is 11.8 Å². The van der Waals surface area contributed by atoms with Gasteiger partial charge in [0.2, 0.25) is 0 Å². The van der Waals surface area contributed by atoms with Crippen LogP contribution >= 0.6 is 0 Å². The standard InChI is InChI=1S/C20H20O3/c1-2-23-17(21)13-16-18(14-9-5-3-6-10-14)19(16)20(22)15-11-7-4-8-12-15/h3-12,16,18-19H,2,13H2,1H3/t16-,18+,19+/m1/s1. The summed E-state index contributed by atoms with van der Waals surface area (Å²) in [7, 11) is 0. The third-order valence-electron chi connectivity index (χ3n) is 4.42. The van der Waals surface area contributed by atoms with Crippen molar-refractivity contribution in [3.63, 3.8) is 0 Å². The fourth-order valence-corrected chi connectivity index (χ4v) is 3.32. The Morgan fingerprint density at radius 1 is 0.957 bits per heavy atom. The molecule has 0 radical (unpaired) electrons. The van der Waals surface area contributed by atoms with Crippen LogP contribution in [0.25, 0.3) is 0 Å². The number of ether oxygens (including phenoxy) is 1. The molecule has 3 rings (SSSR count). The Morgan fingerprint density at radius 2 is 1.57 bits per heavy atom. The van der Waals surface area contributed by atoms with E-state index < -0.39 is 0 Å². The first-order valence-electron chi connectivity index (χ1n) is 8.02. The second kappa shape index (κ2) is 6.78. The van der Waals surface area contributed by atoms with Gasteiger partial charge in [0.15, 0.2) is 5.78 Å². The molecule has 2 aromatic rings. The molecule has 1 aliphatic rings. The molecule has 1 saturated carbocycles. The first-order valence-corrected chi connectivity index (χ1v) is 8.02. The molecule has 3 heteroatoms. The number of carbonyl (C=O) groups is 2. The first kappa shape index (κ1) is 15.5. The molecule has 0 bridgehead atoms. The van der Waals surface area contributed by atoms with Crippen molar-refractivity contribution in [2.75, 3.05) is 6.61 Å². The molecule has 1 aliphatic carbocycles. The normalized spacial score (nSPS) is 22.4. The summed E-state index contributed by atoms with van der Waals surface area (Å²) in [5.74, 6) is -0.0998. The maximum absolute atomic E-state index is 12.8. The lowest BCUT2D eigenvalue weighted by Gasteiger charge is -2.01. The summed E-state index contributed by atoms with van der Waals surface area (Å²) >= 11 is 0. The van der Waals surface area contributed by atoms with Crippen molar-refractivity contribution in [2.24, 2.45) is 11.8 Å². The summed E-state index contributed by atoms with van der Waals surface area (Å²) in [6.45, 7) is 2.17. The van der Waals surface area contributed by atoms with E-state index in [-0.39, 0.29) is 29.5 Å². The number of esters is 1. The smallest absolute Gasteiger partial charge is 0.306 e. The van der Waals surface area contributed by atoms with Crippen molar-refractivity contribution in [1.82, 2.24) is 0 Å². The van der Waals surface area contributed by atoms with Gasteiger partial charge in [0.1, 0.15) is 0 Å². The summed E-state index contributed by atoms with van der Waals surface area (Å²) in [4.78, 5) is 24.6. The van der Waals surface area contributed by atoms with Crippen LogP contribution in [0, 0.1) is 11.8 Å². The number of hydrogen-bond acceptors (Lipinski definition) is 3. The van der Waals surface area contributed by atoms with E-state index in [0.717, 1.165) is 5.56 Å². The molecule has 1 fully saturated rings. The SMILES string of the molecule is CCOC(=O)C[C@H]1[C@H](C(=O)c2ccccc2)[C@H]1c1ccccc1. The number of hydrogen-bond donors (Lipinski definition) is 0. The van der Waals surface area contributed by atoms with Crippen molar-refractivity contribution in [2.45, 2.75) is 19.3 Å². The van der Waals surface area contributed by atoms with E-state index in [1.165, 1.54) is 0 Å². The van der Waals surface area contributed by atoms with Gasteiger partial charge < -0.3 is 4.74 Å². The van der Waals surface area contributed by atoms with Gasteiger partial charge in [-0.15, -0.1) is 0 Å². The van der Waals surface area contributed by atoms with Gasteiger partial charge in [0.05, 0.1) is 6.61 Å². The molecule has 118 valence electrons. The van der Waals surface area contributed by atoms with Crippen molar-refractivity contribution in [3.8, 4) is 0 Å². The van der Waals surface area contributed by atoms with Crippen LogP contribution in [0.1, 0.15) is 35.2 Å². The lowest BCUT2D eigenvalue weighted by molar-refractivity contribution is -0.143. The average Bonchev–Trinajstić information content (AvgIpc) is 3.29. The van der Waals surface area contributed by atoms with Crippen LogP contribution in [0.3, 0.4) is 0 Å². The molecule has 0 saturated heterocycles. The zero-order chi connectivity index (χ0) is 16.2. The third-order valence-corrected chi connectivity index (χ3v) is 4.42. The largest absolute Gasteiger partial charge is 0.466 e. The number of Topliss-reactive ketones (excluding diaryl/α,β-unsaturated/α-hetero) is 1. The van der Waals surface area contributed by atoms with Crippen LogP contribution in [0.2, 0.25) is 0 Å². The summed E-state index contributed by atoms with van der Waals surface area (Å²) in [5, 5.41) is 0. The van der Waals surface area contributed by atoms with Crippen LogP contribution in [0.5, 0.6) is 0 Å². The topological polar surface area (TPSA) is 43.4 Å². The molecular weight excluding hydrogens is 288 g/mol. The van der Waals surface area contributed by atoms with E-state index in [1.54, 1.807) is 6.92 Å². The molecule has 3 nitrogen and oxygen atoms in total. The van der Waals surface area contributed by atoms with E-state index in [0.29, 0.717) is 18.6 Å². The van der Waals surface area contributed by atoms with E-state index in [1.807, 2.05) is 60.7 Å². The van der Waals surface area contributed by atoms with Crippen LogP contribution in [-0.2, 0) is 9.53 Å². The van der Waals surface area contributed by atoms with Crippen LogP contribution in [0.4, 0.5) is 0 Å². The molecular formula is C20H20O3. The number of rotatable bonds is 6. The van der Waals surface area contributed by atoms with Crippen molar-refractivity contribution < 1.29 is 14.3 Å². The van der Waals surface area contributed by atoms with Crippen LogP contribution in [0.15, 0.2) is 60.7 Å². The molecule has 2 aromatic carbocycles. The van der Waals surface area contributed by atoms with Gasteiger partial charge in [-0.3, -0.25) is 9.59 Å². The minimum absolute atomic E-state index is 0.0316. The van der Waals surface area contributed by atoms with Gasteiger partial charge in [0, 0.05) is 17.9 Å². The summed E-state index contributed by atoms with van der Waals surface area (Å²) in [6, 6.07) is 19.3. The highest BCUT2D eigenvalue weighted by molar-refractivity contribution is 6.01. The summed E-state index contributed by atoms with van der Waals surface area (Å²) in [6.07, 6.45) is 0.302. The zero-order valence-corrected chi connectivity index (χ0v) is 13.1. The molecule has 0 aliphatic heterocycles. The van der Waals surface area contributed by atoms with Gasteiger partial charge in [0.25, 0.3) is 0 Å². The monoisotopic (exact) mass is 308 g/mol. The van der Waals surface area contributed by atoms with Crippen molar-refractivity contribution in [3.05, 3.63) is 71.8 Å². The second-order valence-electron chi connectivity index (χ2n) is 5.87. The molecule has 0 amide bonds. The predicted octanol–water partition coefficient (Wildman–Crippen LogP) is 3.85. The Morgan fingerprint density at radius 3 is 2.17 bits per heavy atom. The van der Waals surface area contributed by atoms with Gasteiger partial charge >= 0.3 is 5.97 Å². The third kappa shape index (κ3) is 3.34. The second-order valence-corrected chi connectivity index (χ2v) is 5.87. The fourth-order valence-electron chi connectivity index (χ4n) is 3.32. The van der Waals surface area contributed by atoms with Gasteiger partial charge in [-0.1, -0.05) is 60.7 Å². The molecule has 3 atom stereocenters. The van der Waals surface area contributed by atoms with E-state index in [9.17, 15) is 9.59 Å². The lowest BCUT2D eigenvalue weighted by Crippen LogP contribution is -2.08. The molecule has 0 N–H and O–H groups in total. The molecule has 0 spiro atoms. The number of ketones is 1. The van der Waals surface area contributed by atoms with E-state index in [4.69, 9.17) is 4.74 Å². The number of benzene rings is 2. The van der Waals surface area contributed by atoms with Crippen molar-refractivity contribution in [1.29, 1.82) is 0 Å². The molecule has 0 aromatic heterocycles. The zero-order valence-electron chi connectivity index (χ0n) is 13.1. The van der Waals surface area contributed by atoms with Gasteiger partial charge in [-0.25, -0.2) is 0 Å². The minimum atomic E-state index is -0.221. The maximum atomic E-state index is 12.8. The number of carbonyl (C=O) groups excluding carboxylic acids is 2.